The zero-order valence-corrected chi connectivity index (χ0v) is 12.9. The molecule has 0 aliphatic rings. The first kappa shape index (κ1) is 13.4. The van der Waals surface area contributed by atoms with Crippen molar-refractivity contribution >= 4 is 26.9 Å². The summed E-state index contributed by atoms with van der Waals surface area (Å²) in [7, 11) is 0. The Morgan fingerprint density at radius 2 is 1.95 bits per heavy atom. The van der Waals surface area contributed by atoms with E-state index >= 15 is 0 Å². The molecule has 0 amide bonds. The second-order valence-electron chi connectivity index (χ2n) is 5.04. The van der Waals surface area contributed by atoms with Gasteiger partial charge in [0.15, 0.2) is 0 Å². The van der Waals surface area contributed by atoms with E-state index in [0.717, 1.165) is 27.6 Å². The van der Waals surface area contributed by atoms with E-state index in [1.54, 1.807) is 0 Å². The number of aryl methyl sites for hydroxylation is 1. The fraction of sp³-hybridized carbons (Fsp3) is 0.176. The van der Waals surface area contributed by atoms with Crippen LogP contribution in [0.4, 0.5) is 0 Å². The topological polar surface area (TPSA) is 39.2 Å². The van der Waals surface area contributed by atoms with Crippen molar-refractivity contribution in [2.75, 3.05) is 0 Å². The van der Waals surface area contributed by atoms with Crippen molar-refractivity contribution in [3.8, 4) is 0 Å². The van der Waals surface area contributed by atoms with Crippen molar-refractivity contribution in [3.63, 3.8) is 0 Å². The Bertz CT molecular complexity index is 748. The minimum absolute atomic E-state index is 0.129. The maximum Gasteiger partial charge on any atom is 0.148 e. The largest absolute Gasteiger partial charge is 0.458 e. The van der Waals surface area contributed by atoms with Gasteiger partial charge in [-0.25, -0.2) is 0 Å². The normalized spacial score (nSPS) is 12.8. The molecule has 2 aromatic carbocycles. The van der Waals surface area contributed by atoms with Crippen LogP contribution >= 0.6 is 15.9 Å². The van der Waals surface area contributed by atoms with E-state index in [0.29, 0.717) is 0 Å². The Kier molecular flexibility index (Phi) is 3.64. The van der Waals surface area contributed by atoms with E-state index in [1.807, 2.05) is 36.4 Å². The second-order valence-corrected chi connectivity index (χ2v) is 5.90. The molecule has 1 aromatic heterocycles. The van der Waals surface area contributed by atoms with Gasteiger partial charge in [-0.3, -0.25) is 0 Å². The van der Waals surface area contributed by atoms with E-state index < -0.39 is 0 Å². The predicted octanol–water partition coefficient (Wildman–Crippen LogP) is 4.75. The van der Waals surface area contributed by atoms with Crippen molar-refractivity contribution in [1.29, 1.82) is 0 Å². The molecule has 0 saturated carbocycles. The molecule has 0 aliphatic carbocycles. The van der Waals surface area contributed by atoms with Crippen LogP contribution in [0, 0.1) is 6.92 Å². The molecule has 2 N–H and O–H groups in total. The molecule has 2 nitrogen and oxygen atoms in total. The van der Waals surface area contributed by atoms with Crippen LogP contribution in [0.15, 0.2) is 57.4 Å². The molecule has 0 aliphatic heterocycles. The molecule has 1 heterocycles. The second kappa shape index (κ2) is 5.43. The van der Waals surface area contributed by atoms with E-state index in [9.17, 15) is 0 Å². The summed E-state index contributed by atoms with van der Waals surface area (Å²) in [5.74, 6) is 0.829. The number of nitrogens with two attached hydrogens (primary N) is 1. The highest BCUT2D eigenvalue weighted by Crippen LogP contribution is 2.30. The third-order valence-electron chi connectivity index (χ3n) is 3.58. The van der Waals surface area contributed by atoms with Crippen LogP contribution in [0.1, 0.15) is 22.9 Å². The SMILES string of the molecule is Cc1ccccc1CC(N)c1cc2cccc(Br)c2o1. The molecule has 20 heavy (non-hydrogen) atoms. The first-order chi connectivity index (χ1) is 9.65. The molecule has 0 radical (unpaired) electrons. The van der Waals surface area contributed by atoms with Crippen molar-refractivity contribution in [3.05, 3.63) is 69.9 Å². The van der Waals surface area contributed by atoms with Gasteiger partial charge in [-0.15, -0.1) is 0 Å². The molecule has 0 saturated heterocycles. The minimum atomic E-state index is -0.129. The molecule has 3 heteroatoms. The highest BCUT2D eigenvalue weighted by Gasteiger charge is 2.14. The van der Waals surface area contributed by atoms with Crippen molar-refractivity contribution in [1.82, 2.24) is 0 Å². The molecule has 1 atom stereocenters. The van der Waals surface area contributed by atoms with Gasteiger partial charge >= 0.3 is 0 Å². The number of hydrogen-bond acceptors (Lipinski definition) is 2. The van der Waals surface area contributed by atoms with Crippen LogP contribution in [0.2, 0.25) is 0 Å². The van der Waals surface area contributed by atoms with Crippen LogP contribution in [0.25, 0.3) is 11.0 Å². The minimum Gasteiger partial charge on any atom is -0.458 e. The fourth-order valence-corrected chi connectivity index (χ4v) is 2.87. The van der Waals surface area contributed by atoms with Gasteiger partial charge in [0, 0.05) is 5.39 Å². The van der Waals surface area contributed by atoms with E-state index in [2.05, 4.69) is 35.0 Å². The smallest absolute Gasteiger partial charge is 0.148 e. The van der Waals surface area contributed by atoms with Crippen molar-refractivity contribution in [2.24, 2.45) is 5.73 Å². The van der Waals surface area contributed by atoms with Crippen molar-refractivity contribution in [2.45, 2.75) is 19.4 Å². The molecule has 102 valence electrons. The zero-order chi connectivity index (χ0) is 14.1. The van der Waals surface area contributed by atoms with Gasteiger partial charge < -0.3 is 10.2 Å². The number of benzene rings is 2. The number of furan rings is 1. The molecule has 1 unspecified atom stereocenters. The highest BCUT2D eigenvalue weighted by atomic mass is 79.9. The van der Waals surface area contributed by atoms with E-state index in [-0.39, 0.29) is 6.04 Å². The number of rotatable bonds is 3. The Labute approximate surface area is 126 Å². The number of halogens is 1. The molecular weight excluding hydrogens is 314 g/mol. The molecule has 3 aromatic rings. The lowest BCUT2D eigenvalue weighted by atomic mass is 10.0. The quantitative estimate of drug-likeness (QED) is 0.753. The summed E-state index contributed by atoms with van der Waals surface area (Å²) >= 11 is 3.50. The molecular formula is C17H16BrNO. The molecule has 0 bridgehead atoms. The lowest BCUT2D eigenvalue weighted by Gasteiger charge is -2.10. The Morgan fingerprint density at radius 3 is 2.70 bits per heavy atom. The first-order valence-corrected chi connectivity index (χ1v) is 7.42. The Morgan fingerprint density at radius 1 is 1.15 bits per heavy atom. The summed E-state index contributed by atoms with van der Waals surface area (Å²) in [6.07, 6.45) is 0.782. The van der Waals surface area contributed by atoms with Gasteiger partial charge in [-0.2, -0.15) is 0 Å². The lowest BCUT2D eigenvalue weighted by Crippen LogP contribution is -2.13. The van der Waals surface area contributed by atoms with Gasteiger partial charge in [-0.05, 0) is 52.5 Å². The Hall–Kier alpha value is -1.58. The predicted molar refractivity (Wildman–Crippen MR) is 85.7 cm³/mol. The van der Waals surface area contributed by atoms with Crippen LogP contribution in [-0.4, -0.2) is 0 Å². The molecule has 0 spiro atoms. The maximum atomic E-state index is 6.30. The zero-order valence-electron chi connectivity index (χ0n) is 11.3. The molecule has 3 rings (SSSR count). The number of hydrogen-bond donors (Lipinski definition) is 1. The van der Waals surface area contributed by atoms with Crippen molar-refractivity contribution < 1.29 is 4.42 Å². The van der Waals surface area contributed by atoms with Crippen LogP contribution < -0.4 is 5.73 Å². The molecule has 0 fully saturated rings. The maximum absolute atomic E-state index is 6.30. The third-order valence-corrected chi connectivity index (χ3v) is 4.21. The van der Waals surface area contributed by atoms with Crippen LogP contribution in [-0.2, 0) is 6.42 Å². The van der Waals surface area contributed by atoms with Gasteiger partial charge in [-0.1, -0.05) is 36.4 Å². The first-order valence-electron chi connectivity index (χ1n) is 6.63. The average molecular weight is 330 g/mol. The summed E-state index contributed by atoms with van der Waals surface area (Å²) < 4.78 is 6.86. The Balaban J connectivity index is 1.91. The standard InChI is InChI=1S/C17H16BrNO/c1-11-5-2-3-6-12(11)9-15(19)16-10-13-7-4-8-14(18)17(13)20-16/h2-8,10,15H,9,19H2,1H3. The van der Waals surface area contributed by atoms with Crippen LogP contribution in [0.3, 0.4) is 0 Å². The third kappa shape index (κ3) is 2.51. The summed E-state index contributed by atoms with van der Waals surface area (Å²) in [6, 6.07) is 16.2. The van der Waals surface area contributed by atoms with Crippen LogP contribution in [0.5, 0.6) is 0 Å². The lowest BCUT2D eigenvalue weighted by molar-refractivity contribution is 0.492. The van der Waals surface area contributed by atoms with E-state index in [1.165, 1.54) is 11.1 Å². The van der Waals surface area contributed by atoms with Gasteiger partial charge in [0.1, 0.15) is 11.3 Å². The summed E-state index contributed by atoms with van der Waals surface area (Å²) in [5.41, 5.74) is 9.69. The summed E-state index contributed by atoms with van der Waals surface area (Å²) in [6.45, 7) is 2.11. The van der Waals surface area contributed by atoms with Gasteiger partial charge in [0.05, 0.1) is 10.5 Å². The van der Waals surface area contributed by atoms with Gasteiger partial charge in [0.2, 0.25) is 0 Å². The number of fused-ring (bicyclic) bond motifs is 1. The highest BCUT2D eigenvalue weighted by molar-refractivity contribution is 9.10. The fourth-order valence-electron chi connectivity index (χ4n) is 2.41. The van der Waals surface area contributed by atoms with E-state index in [4.69, 9.17) is 10.2 Å². The average Bonchev–Trinajstić information content (AvgIpc) is 2.87. The number of para-hydroxylation sites is 1. The summed E-state index contributed by atoms with van der Waals surface area (Å²) in [4.78, 5) is 0. The monoisotopic (exact) mass is 329 g/mol. The van der Waals surface area contributed by atoms with Gasteiger partial charge in [0.25, 0.3) is 0 Å². The summed E-state index contributed by atoms with van der Waals surface area (Å²) in [5, 5.41) is 1.08.